The van der Waals surface area contributed by atoms with Gasteiger partial charge in [-0.05, 0) is 11.6 Å². The van der Waals surface area contributed by atoms with Gasteiger partial charge in [0.1, 0.15) is 0 Å². The number of amides is 1. The molecule has 0 radical (unpaired) electrons. The van der Waals surface area contributed by atoms with Crippen LogP contribution in [0.1, 0.15) is 11.6 Å². The van der Waals surface area contributed by atoms with Crippen molar-refractivity contribution in [3.63, 3.8) is 0 Å². The summed E-state index contributed by atoms with van der Waals surface area (Å²) >= 11 is 6.00. The highest BCUT2D eigenvalue weighted by atomic mass is 35.5. The summed E-state index contributed by atoms with van der Waals surface area (Å²) in [6.07, 6.45) is -4.04. The van der Waals surface area contributed by atoms with Crippen molar-refractivity contribution in [1.29, 1.82) is 0 Å². The molecule has 1 atom stereocenters. The summed E-state index contributed by atoms with van der Waals surface area (Å²) in [5.74, 6) is -6.57. The van der Waals surface area contributed by atoms with Crippen LogP contribution in [0.3, 0.4) is 0 Å². The molecule has 1 saturated heterocycles. The quantitative estimate of drug-likeness (QED) is 0.867. The Hall–Kier alpha value is -1.34. The van der Waals surface area contributed by atoms with Gasteiger partial charge in [0.25, 0.3) is 5.91 Å². The number of carbonyl (C=O) groups is 1. The van der Waals surface area contributed by atoms with E-state index in [1.54, 1.807) is 24.3 Å². The second kappa shape index (κ2) is 6.19. The van der Waals surface area contributed by atoms with Crippen molar-refractivity contribution < 1.29 is 22.4 Å². The molecule has 1 aromatic carbocycles. The number of alkyl halides is 4. The van der Waals surface area contributed by atoms with Crippen LogP contribution in [-0.4, -0.2) is 42.8 Å². The molecule has 1 aromatic rings. The number of rotatable bonds is 3. The van der Waals surface area contributed by atoms with Gasteiger partial charge in [-0.15, -0.1) is 0 Å². The maximum atomic E-state index is 13.3. The molecule has 1 unspecified atom stereocenters. The molecule has 1 aliphatic rings. The third kappa shape index (κ3) is 3.13. The largest absolute Gasteiger partial charge is 0.383 e. The van der Waals surface area contributed by atoms with E-state index in [9.17, 15) is 22.4 Å². The van der Waals surface area contributed by atoms with Gasteiger partial charge in [-0.25, -0.2) is 8.78 Å². The third-order valence-electron chi connectivity index (χ3n) is 3.33. The molecule has 0 aliphatic carbocycles. The van der Waals surface area contributed by atoms with Gasteiger partial charge in [0.15, 0.2) is 0 Å². The summed E-state index contributed by atoms with van der Waals surface area (Å²) in [5, 5.41) is 3.24. The highest BCUT2D eigenvalue weighted by molar-refractivity contribution is 6.31. The number of hydrogen-bond acceptors (Lipinski definition) is 2. The Morgan fingerprint density at radius 3 is 2.67 bits per heavy atom. The van der Waals surface area contributed by atoms with Gasteiger partial charge in [-0.1, -0.05) is 29.8 Å². The zero-order valence-corrected chi connectivity index (χ0v) is 11.6. The molecule has 0 aromatic heterocycles. The van der Waals surface area contributed by atoms with Crippen molar-refractivity contribution in [2.24, 2.45) is 0 Å². The summed E-state index contributed by atoms with van der Waals surface area (Å²) in [7, 11) is 0. The number of carbonyl (C=O) groups excluding carboxylic acids is 1. The van der Waals surface area contributed by atoms with E-state index in [4.69, 9.17) is 11.6 Å². The molecule has 1 aliphatic heterocycles. The van der Waals surface area contributed by atoms with Crippen LogP contribution in [0.15, 0.2) is 24.3 Å². The van der Waals surface area contributed by atoms with Crippen LogP contribution in [-0.2, 0) is 4.79 Å². The number of nitrogens with one attached hydrogen (secondary N) is 1. The van der Waals surface area contributed by atoms with Gasteiger partial charge in [0.05, 0.1) is 6.04 Å². The van der Waals surface area contributed by atoms with Gasteiger partial charge in [-0.2, -0.15) is 8.78 Å². The Labute approximate surface area is 123 Å². The van der Waals surface area contributed by atoms with E-state index in [-0.39, 0.29) is 19.6 Å². The zero-order chi connectivity index (χ0) is 15.6. The first-order valence-corrected chi connectivity index (χ1v) is 6.65. The minimum absolute atomic E-state index is 0.0863. The fourth-order valence-electron chi connectivity index (χ4n) is 2.26. The van der Waals surface area contributed by atoms with Crippen molar-refractivity contribution in [1.82, 2.24) is 10.2 Å². The van der Waals surface area contributed by atoms with Gasteiger partial charge in [-0.3, -0.25) is 4.79 Å². The van der Waals surface area contributed by atoms with E-state index < -0.39 is 24.3 Å². The van der Waals surface area contributed by atoms with Crippen LogP contribution in [0.5, 0.6) is 0 Å². The first kappa shape index (κ1) is 16.0. The first-order chi connectivity index (χ1) is 9.85. The van der Waals surface area contributed by atoms with Crippen LogP contribution >= 0.6 is 11.6 Å². The van der Waals surface area contributed by atoms with Crippen molar-refractivity contribution >= 4 is 17.5 Å². The Balaban J connectivity index is 2.32. The summed E-state index contributed by atoms with van der Waals surface area (Å²) in [4.78, 5) is 12.5. The van der Waals surface area contributed by atoms with E-state index in [0.29, 0.717) is 10.6 Å². The van der Waals surface area contributed by atoms with E-state index in [0.717, 1.165) is 4.90 Å². The molecule has 1 heterocycles. The second-order valence-corrected chi connectivity index (χ2v) is 5.07. The Bertz CT molecular complexity index is 527. The van der Waals surface area contributed by atoms with Gasteiger partial charge in [0.2, 0.25) is 0 Å². The fourth-order valence-corrected chi connectivity index (χ4v) is 2.52. The van der Waals surface area contributed by atoms with Crippen LogP contribution in [0.25, 0.3) is 0 Å². The Morgan fingerprint density at radius 2 is 2.05 bits per heavy atom. The fraction of sp³-hybridized carbons (Fsp3) is 0.462. The number of hydrogen-bond donors (Lipinski definition) is 1. The second-order valence-electron chi connectivity index (χ2n) is 4.66. The van der Waals surface area contributed by atoms with Crippen LogP contribution in [0.4, 0.5) is 17.6 Å². The van der Waals surface area contributed by atoms with Gasteiger partial charge >= 0.3 is 12.3 Å². The predicted octanol–water partition coefficient (Wildman–Crippen LogP) is 2.71. The van der Waals surface area contributed by atoms with Crippen LogP contribution in [0.2, 0.25) is 5.02 Å². The molecule has 3 nitrogen and oxygen atoms in total. The molecule has 8 heteroatoms. The van der Waals surface area contributed by atoms with Gasteiger partial charge < -0.3 is 10.2 Å². The SMILES string of the molecule is O=C(N1CCNCC1c1ccccc1Cl)C(F)(F)C(F)F. The predicted molar refractivity (Wildman–Crippen MR) is 69.7 cm³/mol. The van der Waals surface area contributed by atoms with Crippen LogP contribution in [0, 0.1) is 0 Å². The molecule has 0 spiro atoms. The van der Waals surface area contributed by atoms with E-state index in [2.05, 4.69) is 5.32 Å². The molecule has 116 valence electrons. The lowest BCUT2D eigenvalue weighted by Gasteiger charge is -2.38. The summed E-state index contributed by atoms with van der Waals surface area (Å²) in [6.45, 7) is 0.345. The first-order valence-electron chi connectivity index (χ1n) is 6.28. The molecule has 21 heavy (non-hydrogen) atoms. The summed E-state index contributed by atoms with van der Waals surface area (Å²) in [6, 6.07) is 5.64. The molecule has 1 fully saturated rings. The number of halogens is 5. The molecule has 0 bridgehead atoms. The minimum Gasteiger partial charge on any atom is -0.328 e. The lowest BCUT2D eigenvalue weighted by atomic mass is 10.0. The van der Waals surface area contributed by atoms with Crippen molar-refractivity contribution in [3.05, 3.63) is 34.9 Å². The average molecular weight is 325 g/mol. The molecular formula is C13H13ClF4N2O. The summed E-state index contributed by atoms with van der Waals surface area (Å²) in [5.41, 5.74) is 0.449. The maximum absolute atomic E-state index is 13.3. The van der Waals surface area contributed by atoms with Crippen molar-refractivity contribution in [2.75, 3.05) is 19.6 Å². The van der Waals surface area contributed by atoms with Crippen molar-refractivity contribution in [2.45, 2.75) is 18.4 Å². The number of benzene rings is 1. The lowest BCUT2D eigenvalue weighted by molar-refractivity contribution is -0.183. The highest BCUT2D eigenvalue weighted by Gasteiger charge is 2.52. The topological polar surface area (TPSA) is 32.3 Å². The Morgan fingerprint density at radius 1 is 1.38 bits per heavy atom. The Kier molecular flexibility index (Phi) is 4.73. The van der Waals surface area contributed by atoms with E-state index >= 15 is 0 Å². The van der Waals surface area contributed by atoms with E-state index in [1.165, 1.54) is 0 Å². The molecule has 1 amide bonds. The molecule has 1 N–H and O–H groups in total. The molecular weight excluding hydrogens is 312 g/mol. The lowest BCUT2D eigenvalue weighted by Crippen LogP contribution is -2.55. The standard InChI is InChI=1S/C13H13ClF4N2O/c14-9-4-2-1-3-8(9)10-7-19-5-6-20(10)12(21)13(17,18)11(15)16/h1-4,10-11,19H,5-7H2. The highest BCUT2D eigenvalue weighted by Crippen LogP contribution is 2.33. The number of piperazine rings is 1. The third-order valence-corrected chi connectivity index (χ3v) is 3.67. The zero-order valence-electron chi connectivity index (χ0n) is 10.8. The number of nitrogens with zero attached hydrogens (tertiary/aromatic N) is 1. The minimum atomic E-state index is -4.70. The molecule has 0 saturated carbocycles. The maximum Gasteiger partial charge on any atom is 0.383 e. The van der Waals surface area contributed by atoms with E-state index in [1.807, 2.05) is 0 Å². The monoisotopic (exact) mass is 324 g/mol. The van der Waals surface area contributed by atoms with Crippen LogP contribution < -0.4 is 5.32 Å². The smallest absolute Gasteiger partial charge is 0.328 e. The van der Waals surface area contributed by atoms with Crippen molar-refractivity contribution in [3.8, 4) is 0 Å². The summed E-state index contributed by atoms with van der Waals surface area (Å²) < 4.78 is 51.4. The average Bonchev–Trinajstić information content (AvgIpc) is 2.47. The van der Waals surface area contributed by atoms with Gasteiger partial charge in [0, 0.05) is 24.7 Å². The molecule has 2 rings (SSSR count). The normalized spacial score (nSPS) is 19.9.